The molecule has 3 heterocycles. The summed E-state index contributed by atoms with van der Waals surface area (Å²) < 4.78 is 30.0. The van der Waals surface area contributed by atoms with Crippen LogP contribution in [0.5, 0.6) is 11.5 Å². The lowest BCUT2D eigenvalue weighted by atomic mass is 9.78. The van der Waals surface area contributed by atoms with Gasteiger partial charge in [-0.3, -0.25) is 19.2 Å². The van der Waals surface area contributed by atoms with Crippen molar-refractivity contribution in [3.63, 3.8) is 0 Å². The van der Waals surface area contributed by atoms with Gasteiger partial charge in [0.15, 0.2) is 22.4 Å². The number of phenolic OH excluding ortho intramolecular Hbond substituents is 1. The molecule has 15 heteroatoms. The van der Waals surface area contributed by atoms with E-state index in [-0.39, 0.29) is 60.8 Å². The second kappa shape index (κ2) is 16.1. The first-order valence-electron chi connectivity index (χ1n) is 19.3. The predicted octanol–water partition coefficient (Wildman–Crippen LogP) is 4.87. The molecule has 1 amide bonds. The quantitative estimate of drug-likeness (QED) is 0.104. The second-order valence-electron chi connectivity index (χ2n) is 15.9. The van der Waals surface area contributed by atoms with Crippen LogP contribution in [-0.4, -0.2) is 74.6 Å². The summed E-state index contributed by atoms with van der Waals surface area (Å²) in [6.07, 6.45) is 3.53. The molecule has 0 saturated heterocycles. The van der Waals surface area contributed by atoms with Crippen molar-refractivity contribution in [2.45, 2.75) is 92.5 Å². The Hall–Kier alpha value is -5.77. The van der Waals surface area contributed by atoms with Gasteiger partial charge in [-0.2, -0.15) is 0 Å². The Kier molecular flexibility index (Phi) is 11.7. The van der Waals surface area contributed by atoms with Crippen molar-refractivity contribution >= 4 is 56.3 Å². The number of nitrogens with one attached hydrogen (secondary N) is 1. The largest absolute Gasteiger partial charge is 0.507 e. The Balaban J connectivity index is 1.64. The van der Waals surface area contributed by atoms with E-state index >= 15 is 0 Å². The van der Waals surface area contributed by atoms with Crippen LogP contribution in [0.2, 0.25) is 0 Å². The summed E-state index contributed by atoms with van der Waals surface area (Å²) in [5.41, 5.74) is -1.47. The number of fused-ring (bicyclic) bond motifs is 2. The van der Waals surface area contributed by atoms with Gasteiger partial charge in [-0.05, 0) is 44.5 Å². The number of hydrogen-bond acceptors (Lipinski definition) is 14. The van der Waals surface area contributed by atoms with Crippen LogP contribution in [0.15, 0.2) is 62.3 Å². The van der Waals surface area contributed by atoms with Crippen LogP contribution < -0.4 is 26.1 Å². The number of nitrogens with zero attached hydrogens (tertiary/aromatic N) is 1. The van der Waals surface area contributed by atoms with Crippen molar-refractivity contribution in [1.82, 2.24) is 4.98 Å². The Labute approximate surface area is 339 Å². The molecule has 59 heavy (non-hydrogen) atoms. The zero-order valence-electron chi connectivity index (χ0n) is 34.6. The van der Waals surface area contributed by atoms with E-state index in [1.807, 2.05) is 0 Å². The first-order valence-corrected chi connectivity index (χ1v) is 19.3. The number of benzene rings is 3. The molecule has 0 aliphatic carbocycles. The highest BCUT2D eigenvalue weighted by molar-refractivity contribution is 6.16. The second-order valence-corrected chi connectivity index (χ2v) is 15.9. The van der Waals surface area contributed by atoms with Crippen LogP contribution in [0.25, 0.3) is 38.7 Å². The van der Waals surface area contributed by atoms with Gasteiger partial charge in [-0.15, -0.1) is 0 Å². The minimum absolute atomic E-state index is 0.0231. The molecule has 15 nitrogen and oxygen atoms in total. The number of carbonyl (C=O) groups is 2. The van der Waals surface area contributed by atoms with E-state index in [0.717, 1.165) is 0 Å². The van der Waals surface area contributed by atoms with E-state index in [9.17, 15) is 39.6 Å². The molecular formula is C44H50N2O13. The van der Waals surface area contributed by atoms with Gasteiger partial charge in [0.25, 0.3) is 5.91 Å². The van der Waals surface area contributed by atoms with Gasteiger partial charge in [-0.1, -0.05) is 45.9 Å². The molecule has 0 unspecified atom stereocenters. The highest BCUT2D eigenvalue weighted by Gasteiger charge is 2.44. The number of allylic oxidation sites excluding steroid dienone is 2. The van der Waals surface area contributed by atoms with E-state index in [2.05, 4.69) is 10.3 Å². The van der Waals surface area contributed by atoms with Gasteiger partial charge in [0.05, 0.1) is 35.2 Å². The number of ether oxygens (including phenoxy) is 4. The number of aromatic hydroxyl groups is 1. The minimum atomic E-state index is -1.97. The summed E-state index contributed by atoms with van der Waals surface area (Å²) in [6.45, 7) is 14.2. The number of phenols is 1. The predicted molar refractivity (Wildman–Crippen MR) is 220 cm³/mol. The van der Waals surface area contributed by atoms with Crippen LogP contribution in [0.1, 0.15) is 59.6 Å². The summed E-state index contributed by atoms with van der Waals surface area (Å²) in [5.74, 6) is -6.89. The van der Waals surface area contributed by atoms with Gasteiger partial charge in [0.2, 0.25) is 10.9 Å². The summed E-state index contributed by atoms with van der Waals surface area (Å²) in [7, 11) is 1.44. The lowest BCUT2D eigenvalue weighted by molar-refractivity contribution is -0.160. The summed E-state index contributed by atoms with van der Waals surface area (Å²) in [5, 5.41) is 48.6. The average Bonchev–Trinajstić information content (AvgIpc) is 3.45. The van der Waals surface area contributed by atoms with E-state index < -0.39 is 88.1 Å². The van der Waals surface area contributed by atoms with Crippen LogP contribution in [0.4, 0.5) is 5.69 Å². The van der Waals surface area contributed by atoms with E-state index in [1.54, 1.807) is 52.8 Å². The maximum Gasteiger partial charge on any atom is 0.307 e. The monoisotopic (exact) mass is 814 g/mol. The molecule has 2 aliphatic rings. The zero-order valence-corrected chi connectivity index (χ0v) is 34.6. The molecule has 6 rings (SSSR count). The molecule has 2 aliphatic heterocycles. The van der Waals surface area contributed by atoms with Crippen molar-refractivity contribution in [3.05, 3.63) is 85.1 Å². The molecule has 0 saturated carbocycles. The first-order chi connectivity index (χ1) is 27.7. The fourth-order valence-electron chi connectivity index (χ4n) is 8.02. The van der Waals surface area contributed by atoms with E-state index in [4.69, 9.17) is 23.4 Å². The lowest BCUT2D eigenvalue weighted by Crippen LogP contribution is -2.46. The number of amides is 1. The zero-order chi connectivity index (χ0) is 43.4. The molecular weight excluding hydrogens is 764 g/mol. The number of aliphatic hydroxyl groups is 3. The number of aryl methyl sites for hydroxylation is 1. The lowest BCUT2D eigenvalue weighted by Gasteiger charge is -2.38. The third kappa shape index (κ3) is 7.54. The third-order valence-corrected chi connectivity index (χ3v) is 11.6. The molecule has 5 N–H and O–H groups in total. The Morgan fingerprint density at radius 1 is 0.932 bits per heavy atom. The highest BCUT2D eigenvalue weighted by atomic mass is 16.7. The Bertz CT molecular complexity index is 2650. The number of carbonyl (C=O) groups excluding carboxylic acids is 2. The van der Waals surface area contributed by atoms with E-state index in [1.165, 1.54) is 59.3 Å². The summed E-state index contributed by atoms with van der Waals surface area (Å²) in [6, 6.07) is 2.91. The normalized spacial score (nSPS) is 30.1. The number of aliphatic hydroxyl groups excluding tert-OH is 3. The number of rotatable bonds is 2. The van der Waals surface area contributed by atoms with Crippen LogP contribution in [0, 0.1) is 37.5 Å². The van der Waals surface area contributed by atoms with Crippen molar-refractivity contribution in [2.75, 3.05) is 12.4 Å². The van der Waals surface area contributed by atoms with Crippen LogP contribution >= 0.6 is 0 Å². The minimum Gasteiger partial charge on any atom is -0.507 e. The molecule has 314 valence electrons. The molecule has 0 fully saturated rings. The Morgan fingerprint density at radius 3 is 2.29 bits per heavy atom. The SMILES string of the molecule is CO[C@H]1/C=C/O[C@@]2(C)Oc3c(C)c(O)c4c(=O)c(c5oc6cc(C)cc(=O)c6nc5c4c3=C2O)NC(=O)/C(C)=C\C=C\[C@H](C)[C@H](O)[C@@H](C)[C@@H](O)[C@@H](C)[C@H](OC(C)=O)[C@@H]1C. The molecule has 3 aromatic carbocycles. The third-order valence-electron chi connectivity index (χ3n) is 11.6. The number of hydrogen-bond donors (Lipinski definition) is 5. The number of anilines is 1. The van der Waals surface area contributed by atoms with Gasteiger partial charge in [0.1, 0.15) is 28.8 Å². The van der Waals surface area contributed by atoms with Crippen LogP contribution in [-0.2, 0) is 23.8 Å². The first kappa shape index (κ1) is 42.8. The Morgan fingerprint density at radius 2 is 1.63 bits per heavy atom. The number of methoxy groups -OCH3 is 1. The van der Waals surface area contributed by atoms with Gasteiger partial charge >= 0.3 is 11.8 Å². The van der Waals surface area contributed by atoms with Gasteiger partial charge in [-0.25, -0.2) is 4.98 Å². The molecule has 9 atom stereocenters. The fraction of sp³-hybridized carbons (Fsp3) is 0.432. The smallest absolute Gasteiger partial charge is 0.307 e. The fourth-order valence-corrected chi connectivity index (χ4v) is 8.02. The van der Waals surface area contributed by atoms with Gasteiger partial charge in [0, 0.05) is 61.2 Å². The average molecular weight is 815 g/mol. The van der Waals surface area contributed by atoms with Crippen molar-refractivity contribution in [2.24, 2.45) is 23.7 Å². The molecule has 4 bridgehead atoms. The molecule has 4 aromatic rings. The standard InChI is InChI=1S/C44H50N2O13/c1-18-16-26(48)32-28(17-18)58-41-33(45-32)29-30-37(51)24(7)40-31(29)42(53)44(9,59-40)56-15-14-27(55-10)21(4)39(57-25(8)47)23(6)36(50)22(5)35(49)19(2)12-11-13-20(3)43(54)46-34(41)38(30)52/h11-17,19,21-23,27,35-36,39,49-51,53H,1-10H3,(H,46,54)/b12-11+,15-14+,20-13-/t19-,21+,22+,23+,27-,35-,36+,39+,44-/m0/s1. The summed E-state index contributed by atoms with van der Waals surface area (Å²) >= 11 is 0. The van der Waals surface area contributed by atoms with Crippen molar-refractivity contribution < 1.29 is 53.4 Å². The summed E-state index contributed by atoms with van der Waals surface area (Å²) in [4.78, 5) is 58.5. The number of esters is 1. The number of aromatic nitrogens is 1. The highest BCUT2D eigenvalue weighted by Crippen LogP contribution is 2.42. The topological polar surface area (TPSA) is 224 Å². The van der Waals surface area contributed by atoms with Crippen molar-refractivity contribution in [1.29, 1.82) is 0 Å². The maximum atomic E-state index is 14.5. The molecule has 1 aromatic heterocycles. The van der Waals surface area contributed by atoms with Crippen LogP contribution in [0.3, 0.4) is 0 Å². The maximum absolute atomic E-state index is 14.5. The van der Waals surface area contributed by atoms with E-state index in [0.29, 0.717) is 5.56 Å². The van der Waals surface area contributed by atoms with Crippen molar-refractivity contribution in [3.8, 4) is 11.5 Å². The van der Waals surface area contributed by atoms with Gasteiger partial charge < -0.3 is 49.1 Å². The molecule has 0 spiro atoms. The molecule has 0 radical (unpaired) electrons.